The molecule has 0 aliphatic carbocycles. The standard InChI is InChI=1S/C14H22N4S2/c1-9(2)8-15-7-5-6-12-17-18-14(20-12)13-10(3)16-11(4)19-13/h9,15H,5-8H2,1-4H3. The molecule has 2 rings (SSSR count). The van der Waals surface area contributed by atoms with Crippen LogP contribution in [0.25, 0.3) is 9.88 Å². The van der Waals surface area contributed by atoms with Gasteiger partial charge in [-0.25, -0.2) is 4.98 Å². The summed E-state index contributed by atoms with van der Waals surface area (Å²) in [5.41, 5.74) is 1.06. The number of nitrogens with one attached hydrogen (secondary N) is 1. The van der Waals surface area contributed by atoms with Crippen LogP contribution in [0.1, 0.15) is 36.0 Å². The van der Waals surface area contributed by atoms with Gasteiger partial charge in [-0.3, -0.25) is 0 Å². The Labute approximate surface area is 128 Å². The Bertz CT molecular complexity index is 545. The van der Waals surface area contributed by atoms with E-state index in [0.717, 1.165) is 46.6 Å². The van der Waals surface area contributed by atoms with E-state index in [0.29, 0.717) is 5.92 Å². The largest absolute Gasteiger partial charge is 0.316 e. The normalized spacial score (nSPS) is 11.4. The first-order valence-electron chi connectivity index (χ1n) is 7.03. The molecule has 0 saturated heterocycles. The highest BCUT2D eigenvalue weighted by atomic mass is 32.1. The summed E-state index contributed by atoms with van der Waals surface area (Å²) in [6.45, 7) is 10.7. The van der Waals surface area contributed by atoms with Gasteiger partial charge in [0.05, 0.1) is 15.6 Å². The Kier molecular flexibility index (Phi) is 5.63. The van der Waals surface area contributed by atoms with E-state index in [1.54, 1.807) is 22.7 Å². The molecule has 2 aromatic rings. The van der Waals surface area contributed by atoms with Crippen molar-refractivity contribution in [2.24, 2.45) is 5.92 Å². The molecule has 0 saturated carbocycles. The second-order valence-electron chi connectivity index (χ2n) is 5.35. The number of thiazole rings is 1. The van der Waals surface area contributed by atoms with Crippen molar-refractivity contribution in [3.63, 3.8) is 0 Å². The van der Waals surface area contributed by atoms with Gasteiger partial charge in [0.25, 0.3) is 0 Å². The molecule has 0 unspecified atom stereocenters. The monoisotopic (exact) mass is 310 g/mol. The Morgan fingerprint density at radius 1 is 1.15 bits per heavy atom. The summed E-state index contributed by atoms with van der Waals surface area (Å²) in [7, 11) is 0. The van der Waals surface area contributed by atoms with E-state index >= 15 is 0 Å². The predicted octanol–water partition coefficient (Wildman–Crippen LogP) is 3.46. The number of hydrogen-bond donors (Lipinski definition) is 1. The molecular weight excluding hydrogens is 288 g/mol. The minimum Gasteiger partial charge on any atom is -0.316 e. The highest BCUT2D eigenvalue weighted by Crippen LogP contribution is 2.31. The maximum absolute atomic E-state index is 4.45. The van der Waals surface area contributed by atoms with Gasteiger partial charge in [0, 0.05) is 6.42 Å². The zero-order valence-corrected chi connectivity index (χ0v) is 14.2. The molecule has 0 aliphatic rings. The maximum atomic E-state index is 4.45. The quantitative estimate of drug-likeness (QED) is 0.796. The van der Waals surface area contributed by atoms with Crippen LogP contribution in [0.5, 0.6) is 0 Å². The molecule has 0 spiro atoms. The van der Waals surface area contributed by atoms with Crippen molar-refractivity contribution in [3.8, 4) is 9.88 Å². The summed E-state index contributed by atoms with van der Waals surface area (Å²) < 4.78 is 0. The summed E-state index contributed by atoms with van der Waals surface area (Å²) in [6, 6.07) is 0. The highest BCUT2D eigenvalue weighted by molar-refractivity contribution is 7.21. The van der Waals surface area contributed by atoms with Crippen molar-refractivity contribution < 1.29 is 0 Å². The van der Waals surface area contributed by atoms with Crippen molar-refractivity contribution in [2.75, 3.05) is 13.1 Å². The molecule has 1 N–H and O–H groups in total. The highest BCUT2D eigenvalue weighted by Gasteiger charge is 2.12. The van der Waals surface area contributed by atoms with E-state index in [9.17, 15) is 0 Å². The van der Waals surface area contributed by atoms with Gasteiger partial charge in [0.2, 0.25) is 0 Å². The summed E-state index contributed by atoms with van der Waals surface area (Å²) in [5, 5.41) is 15.3. The van der Waals surface area contributed by atoms with Gasteiger partial charge in [-0.2, -0.15) is 0 Å². The van der Waals surface area contributed by atoms with Crippen LogP contribution < -0.4 is 5.32 Å². The molecule has 2 heterocycles. The van der Waals surface area contributed by atoms with Crippen molar-refractivity contribution in [2.45, 2.75) is 40.5 Å². The van der Waals surface area contributed by atoms with Crippen LogP contribution in [-0.4, -0.2) is 28.3 Å². The number of nitrogens with zero attached hydrogens (tertiary/aromatic N) is 3. The van der Waals surface area contributed by atoms with Gasteiger partial charge in [0.15, 0.2) is 5.01 Å². The second-order valence-corrected chi connectivity index (χ2v) is 7.62. The van der Waals surface area contributed by atoms with E-state index in [1.807, 2.05) is 13.8 Å². The summed E-state index contributed by atoms with van der Waals surface area (Å²) >= 11 is 3.40. The van der Waals surface area contributed by atoms with Gasteiger partial charge < -0.3 is 5.32 Å². The Morgan fingerprint density at radius 3 is 2.60 bits per heavy atom. The molecule has 0 amide bonds. The molecular formula is C14H22N4S2. The number of rotatable bonds is 7. The van der Waals surface area contributed by atoms with Crippen molar-refractivity contribution >= 4 is 22.7 Å². The van der Waals surface area contributed by atoms with E-state index in [-0.39, 0.29) is 0 Å². The molecule has 4 nitrogen and oxygen atoms in total. The third kappa shape index (κ3) is 4.33. The molecule has 0 bridgehead atoms. The van der Waals surface area contributed by atoms with Crippen molar-refractivity contribution in [1.82, 2.24) is 20.5 Å². The number of hydrogen-bond acceptors (Lipinski definition) is 6. The summed E-state index contributed by atoms with van der Waals surface area (Å²) in [4.78, 5) is 5.62. The fraction of sp³-hybridized carbons (Fsp3) is 0.643. The predicted molar refractivity (Wildman–Crippen MR) is 86.5 cm³/mol. The van der Waals surface area contributed by atoms with E-state index in [2.05, 4.69) is 34.3 Å². The average Bonchev–Trinajstić information content (AvgIpc) is 2.95. The lowest BCUT2D eigenvalue weighted by Gasteiger charge is -2.05. The third-order valence-corrected chi connectivity index (χ3v) is 5.07. The fourth-order valence-electron chi connectivity index (χ4n) is 1.93. The third-order valence-electron chi connectivity index (χ3n) is 2.86. The number of aryl methyl sites for hydroxylation is 3. The van der Waals surface area contributed by atoms with Gasteiger partial charge in [-0.1, -0.05) is 25.2 Å². The lowest BCUT2D eigenvalue weighted by molar-refractivity contribution is 0.542. The summed E-state index contributed by atoms with van der Waals surface area (Å²) in [6.07, 6.45) is 2.11. The van der Waals surface area contributed by atoms with E-state index in [1.165, 1.54) is 4.88 Å². The zero-order valence-electron chi connectivity index (χ0n) is 12.6. The maximum Gasteiger partial charge on any atom is 0.159 e. The number of aromatic nitrogens is 3. The first-order valence-corrected chi connectivity index (χ1v) is 8.67. The van der Waals surface area contributed by atoms with Crippen LogP contribution in [0.3, 0.4) is 0 Å². The zero-order chi connectivity index (χ0) is 14.5. The van der Waals surface area contributed by atoms with Gasteiger partial charge in [0.1, 0.15) is 5.01 Å². The Balaban J connectivity index is 1.85. The Hall–Kier alpha value is -0.850. The van der Waals surface area contributed by atoms with Crippen molar-refractivity contribution in [3.05, 3.63) is 15.7 Å². The van der Waals surface area contributed by atoms with Crippen LogP contribution in [0, 0.1) is 19.8 Å². The van der Waals surface area contributed by atoms with Crippen LogP contribution in [-0.2, 0) is 6.42 Å². The minimum atomic E-state index is 0.709. The topological polar surface area (TPSA) is 50.7 Å². The lowest BCUT2D eigenvalue weighted by atomic mass is 10.2. The molecule has 6 heteroatoms. The van der Waals surface area contributed by atoms with Gasteiger partial charge >= 0.3 is 0 Å². The van der Waals surface area contributed by atoms with Crippen LogP contribution in [0.4, 0.5) is 0 Å². The van der Waals surface area contributed by atoms with Crippen molar-refractivity contribution in [1.29, 1.82) is 0 Å². The van der Waals surface area contributed by atoms with E-state index in [4.69, 9.17) is 0 Å². The smallest absolute Gasteiger partial charge is 0.159 e. The summed E-state index contributed by atoms with van der Waals surface area (Å²) in [5.74, 6) is 0.709. The molecule has 2 aromatic heterocycles. The molecule has 0 aromatic carbocycles. The van der Waals surface area contributed by atoms with E-state index < -0.39 is 0 Å². The SMILES string of the molecule is Cc1nc(C)c(-c2nnc(CCCNCC(C)C)s2)s1. The molecule has 110 valence electrons. The average molecular weight is 310 g/mol. The molecule has 0 radical (unpaired) electrons. The first-order chi connectivity index (χ1) is 9.56. The fourth-order valence-corrected chi connectivity index (χ4v) is 3.85. The Morgan fingerprint density at radius 2 is 1.95 bits per heavy atom. The molecule has 0 fully saturated rings. The molecule has 0 atom stereocenters. The van der Waals surface area contributed by atoms with Gasteiger partial charge in [-0.15, -0.1) is 21.5 Å². The van der Waals surface area contributed by atoms with Crippen LogP contribution >= 0.6 is 22.7 Å². The molecule has 20 heavy (non-hydrogen) atoms. The lowest BCUT2D eigenvalue weighted by Crippen LogP contribution is -2.21. The minimum absolute atomic E-state index is 0.709. The first kappa shape index (κ1) is 15.5. The molecule has 0 aliphatic heterocycles. The van der Waals surface area contributed by atoms with Crippen LogP contribution in [0.15, 0.2) is 0 Å². The van der Waals surface area contributed by atoms with Gasteiger partial charge in [-0.05, 0) is 39.3 Å². The second kappa shape index (κ2) is 7.24. The van der Waals surface area contributed by atoms with Crippen LogP contribution in [0.2, 0.25) is 0 Å².